The van der Waals surface area contributed by atoms with Gasteiger partial charge in [0.25, 0.3) is 0 Å². The third-order valence-electron chi connectivity index (χ3n) is 2.83. The van der Waals surface area contributed by atoms with Gasteiger partial charge in [-0.15, -0.1) is 11.3 Å². The Balaban J connectivity index is 2.39. The Morgan fingerprint density at radius 1 is 1.39 bits per heavy atom. The summed E-state index contributed by atoms with van der Waals surface area (Å²) in [5.41, 5.74) is 5.19. The van der Waals surface area contributed by atoms with Crippen LogP contribution in [0.25, 0.3) is 0 Å². The fourth-order valence-electron chi connectivity index (χ4n) is 1.90. The predicted molar refractivity (Wildman–Crippen MR) is 78.9 cm³/mol. The molecular formula is C13H15BrN2OS. The van der Waals surface area contributed by atoms with Crippen molar-refractivity contribution in [3.8, 4) is 5.75 Å². The van der Waals surface area contributed by atoms with E-state index in [-0.39, 0.29) is 6.04 Å². The molecule has 1 aromatic heterocycles. The number of rotatable bonds is 4. The highest BCUT2D eigenvalue weighted by Crippen LogP contribution is 2.32. The van der Waals surface area contributed by atoms with Gasteiger partial charge in [-0.05, 0) is 52.2 Å². The van der Waals surface area contributed by atoms with Crippen LogP contribution in [0, 0.1) is 6.92 Å². The Morgan fingerprint density at radius 2 is 2.17 bits per heavy atom. The molecule has 3 nitrogen and oxygen atoms in total. The number of halogens is 1. The fourth-order valence-corrected chi connectivity index (χ4v) is 3.43. The molecule has 0 aliphatic rings. The van der Waals surface area contributed by atoms with E-state index >= 15 is 0 Å². The molecule has 1 atom stereocenters. The summed E-state index contributed by atoms with van der Waals surface area (Å²) < 4.78 is 6.29. The quantitative estimate of drug-likeness (QED) is 0.668. The summed E-state index contributed by atoms with van der Waals surface area (Å²) in [6, 6.07) is 8.11. The zero-order valence-electron chi connectivity index (χ0n) is 10.2. The van der Waals surface area contributed by atoms with Crippen molar-refractivity contribution in [1.29, 1.82) is 0 Å². The van der Waals surface area contributed by atoms with Gasteiger partial charge in [0.1, 0.15) is 5.75 Å². The third-order valence-corrected chi connectivity index (χ3v) is 4.59. The summed E-state index contributed by atoms with van der Waals surface area (Å²) in [5.74, 6) is 6.56. The van der Waals surface area contributed by atoms with Crippen LogP contribution in [0.5, 0.6) is 5.75 Å². The lowest BCUT2D eigenvalue weighted by atomic mass is 10.0. The summed E-state index contributed by atoms with van der Waals surface area (Å²) in [5, 5.41) is 2.05. The third kappa shape index (κ3) is 2.75. The topological polar surface area (TPSA) is 47.3 Å². The van der Waals surface area contributed by atoms with E-state index in [0.717, 1.165) is 21.3 Å². The molecule has 18 heavy (non-hydrogen) atoms. The number of methoxy groups -OCH3 is 1. The van der Waals surface area contributed by atoms with Crippen LogP contribution in [0.1, 0.15) is 22.0 Å². The lowest BCUT2D eigenvalue weighted by Gasteiger charge is -2.17. The maximum absolute atomic E-state index is 5.70. The zero-order chi connectivity index (χ0) is 13.1. The van der Waals surface area contributed by atoms with E-state index in [1.54, 1.807) is 18.4 Å². The molecule has 0 amide bonds. The van der Waals surface area contributed by atoms with Crippen molar-refractivity contribution in [2.24, 2.45) is 5.84 Å². The average Bonchev–Trinajstić information content (AvgIpc) is 2.78. The van der Waals surface area contributed by atoms with E-state index in [4.69, 9.17) is 10.6 Å². The van der Waals surface area contributed by atoms with Gasteiger partial charge in [-0.2, -0.15) is 0 Å². The SMILES string of the molecule is COc1ccc(C(NN)c2cc(Br)cs2)c(C)c1. The van der Waals surface area contributed by atoms with Gasteiger partial charge in [-0.3, -0.25) is 5.84 Å². The second-order valence-corrected chi connectivity index (χ2v) is 5.85. The summed E-state index contributed by atoms with van der Waals surface area (Å²) in [6.45, 7) is 2.06. The van der Waals surface area contributed by atoms with Crippen LogP contribution in [0.4, 0.5) is 0 Å². The highest BCUT2D eigenvalue weighted by molar-refractivity contribution is 9.10. The number of ether oxygens (including phenoxy) is 1. The van der Waals surface area contributed by atoms with Gasteiger partial charge in [-0.25, -0.2) is 5.43 Å². The van der Waals surface area contributed by atoms with Crippen molar-refractivity contribution in [3.63, 3.8) is 0 Å². The fraction of sp³-hybridized carbons (Fsp3) is 0.231. The number of thiophene rings is 1. The molecule has 0 fully saturated rings. The lowest BCUT2D eigenvalue weighted by Crippen LogP contribution is -2.28. The van der Waals surface area contributed by atoms with Crippen LogP contribution >= 0.6 is 27.3 Å². The Morgan fingerprint density at radius 3 is 2.67 bits per heavy atom. The van der Waals surface area contributed by atoms with Gasteiger partial charge in [0.2, 0.25) is 0 Å². The highest BCUT2D eigenvalue weighted by atomic mass is 79.9. The van der Waals surface area contributed by atoms with E-state index in [2.05, 4.69) is 39.7 Å². The monoisotopic (exact) mass is 326 g/mol. The van der Waals surface area contributed by atoms with Gasteiger partial charge in [0.05, 0.1) is 13.2 Å². The van der Waals surface area contributed by atoms with Crippen molar-refractivity contribution < 1.29 is 4.74 Å². The number of hydrazine groups is 1. The van der Waals surface area contributed by atoms with Crippen LogP contribution in [0.2, 0.25) is 0 Å². The van der Waals surface area contributed by atoms with Crippen LogP contribution in [-0.2, 0) is 0 Å². The standard InChI is InChI=1S/C13H15BrN2OS/c1-8-5-10(17-2)3-4-11(8)13(16-15)12-6-9(14)7-18-12/h3-7,13,16H,15H2,1-2H3. The number of benzene rings is 1. The molecule has 0 saturated carbocycles. The maximum Gasteiger partial charge on any atom is 0.119 e. The molecular weight excluding hydrogens is 312 g/mol. The molecule has 0 radical (unpaired) electrons. The minimum Gasteiger partial charge on any atom is -0.497 e. The first-order valence-electron chi connectivity index (χ1n) is 5.50. The first-order valence-corrected chi connectivity index (χ1v) is 7.17. The average molecular weight is 327 g/mol. The van der Waals surface area contributed by atoms with Crippen molar-refractivity contribution in [1.82, 2.24) is 5.43 Å². The molecule has 1 heterocycles. The van der Waals surface area contributed by atoms with E-state index < -0.39 is 0 Å². The summed E-state index contributed by atoms with van der Waals surface area (Å²) >= 11 is 5.14. The van der Waals surface area contributed by atoms with Crippen molar-refractivity contribution in [3.05, 3.63) is 50.1 Å². The Kier molecular flexibility index (Phi) is 4.40. The van der Waals surface area contributed by atoms with Crippen molar-refractivity contribution in [2.45, 2.75) is 13.0 Å². The van der Waals surface area contributed by atoms with Crippen LogP contribution in [-0.4, -0.2) is 7.11 Å². The second kappa shape index (κ2) is 5.84. The van der Waals surface area contributed by atoms with Gasteiger partial charge in [0, 0.05) is 14.7 Å². The summed E-state index contributed by atoms with van der Waals surface area (Å²) in [6.07, 6.45) is 0. The van der Waals surface area contributed by atoms with E-state index in [1.165, 1.54) is 4.88 Å². The maximum atomic E-state index is 5.70. The van der Waals surface area contributed by atoms with Crippen molar-refractivity contribution in [2.75, 3.05) is 7.11 Å². The first kappa shape index (κ1) is 13.5. The molecule has 96 valence electrons. The predicted octanol–water partition coefficient (Wildman–Crippen LogP) is 3.38. The smallest absolute Gasteiger partial charge is 0.119 e. The molecule has 3 N–H and O–H groups in total. The number of nitrogens with two attached hydrogens (primary N) is 1. The number of aryl methyl sites for hydroxylation is 1. The summed E-state index contributed by atoms with van der Waals surface area (Å²) in [7, 11) is 1.67. The summed E-state index contributed by atoms with van der Waals surface area (Å²) in [4.78, 5) is 1.18. The molecule has 0 bridgehead atoms. The molecule has 0 spiro atoms. The Labute approximate surface area is 119 Å². The van der Waals surface area contributed by atoms with E-state index in [1.807, 2.05) is 18.2 Å². The highest BCUT2D eigenvalue weighted by Gasteiger charge is 2.16. The Bertz CT molecular complexity index is 542. The van der Waals surface area contributed by atoms with Gasteiger partial charge in [-0.1, -0.05) is 6.07 Å². The molecule has 0 aliphatic heterocycles. The lowest BCUT2D eigenvalue weighted by molar-refractivity contribution is 0.414. The molecule has 0 saturated heterocycles. The number of nitrogens with one attached hydrogen (secondary N) is 1. The van der Waals surface area contributed by atoms with E-state index in [9.17, 15) is 0 Å². The number of hydrogen-bond acceptors (Lipinski definition) is 4. The van der Waals surface area contributed by atoms with Gasteiger partial charge >= 0.3 is 0 Å². The molecule has 2 rings (SSSR count). The molecule has 1 unspecified atom stereocenters. The normalized spacial score (nSPS) is 12.4. The minimum atomic E-state index is 0.00667. The van der Waals surface area contributed by atoms with Crippen LogP contribution < -0.4 is 16.0 Å². The van der Waals surface area contributed by atoms with E-state index in [0.29, 0.717) is 0 Å². The van der Waals surface area contributed by atoms with Crippen molar-refractivity contribution >= 4 is 27.3 Å². The van der Waals surface area contributed by atoms with Gasteiger partial charge in [0.15, 0.2) is 0 Å². The minimum absolute atomic E-state index is 0.00667. The second-order valence-electron chi connectivity index (χ2n) is 3.99. The van der Waals surface area contributed by atoms with Gasteiger partial charge < -0.3 is 4.74 Å². The molecule has 5 heteroatoms. The van der Waals surface area contributed by atoms with Crippen LogP contribution in [0.15, 0.2) is 34.1 Å². The molecule has 2 aromatic rings. The molecule has 1 aromatic carbocycles. The largest absolute Gasteiger partial charge is 0.497 e. The zero-order valence-corrected chi connectivity index (χ0v) is 12.6. The van der Waals surface area contributed by atoms with Crippen LogP contribution in [0.3, 0.4) is 0 Å². The number of hydrogen-bond donors (Lipinski definition) is 2. The first-order chi connectivity index (χ1) is 8.65. The molecule has 0 aliphatic carbocycles. The Hall–Kier alpha value is -0.880.